The summed E-state index contributed by atoms with van der Waals surface area (Å²) in [5, 5.41) is 0. The summed E-state index contributed by atoms with van der Waals surface area (Å²) < 4.78 is 5.32. The van der Waals surface area contributed by atoms with Gasteiger partial charge in [-0.3, -0.25) is 0 Å². The van der Waals surface area contributed by atoms with Gasteiger partial charge < -0.3 is 10.2 Å². The zero-order chi connectivity index (χ0) is 10.7. The summed E-state index contributed by atoms with van der Waals surface area (Å²) in [7, 11) is 0. The lowest BCUT2D eigenvalue weighted by molar-refractivity contribution is 0.582. The molecule has 1 heterocycles. The molecular formula is C13H15NO. The minimum absolute atomic E-state index is 0.208. The lowest BCUT2D eigenvalue weighted by atomic mass is 10.0. The monoisotopic (exact) mass is 201 g/mol. The molecule has 0 spiro atoms. The van der Waals surface area contributed by atoms with E-state index in [9.17, 15) is 0 Å². The van der Waals surface area contributed by atoms with Crippen molar-refractivity contribution in [2.45, 2.75) is 19.4 Å². The molecule has 0 saturated carbocycles. The summed E-state index contributed by atoms with van der Waals surface area (Å²) in [4.78, 5) is 0. The van der Waals surface area contributed by atoms with Crippen LogP contribution >= 0.6 is 0 Å². The van der Waals surface area contributed by atoms with Crippen LogP contribution in [-0.4, -0.2) is 6.04 Å². The van der Waals surface area contributed by atoms with Gasteiger partial charge in [-0.1, -0.05) is 24.3 Å². The van der Waals surface area contributed by atoms with Gasteiger partial charge in [0.15, 0.2) is 0 Å². The highest BCUT2D eigenvalue weighted by Crippen LogP contribution is 2.20. The van der Waals surface area contributed by atoms with Crippen molar-refractivity contribution in [3.8, 4) is 11.3 Å². The molecule has 0 bridgehead atoms. The molecule has 0 aliphatic heterocycles. The molecule has 2 rings (SSSR count). The van der Waals surface area contributed by atoms with Crippen molar-refractivity contribution in [3.63, 3.8) is 0 Å². The fourth-order valence-electron chi connectivity index (χ4n) is 1.62. The molecule has 0 aliphatic rings. The topological polar surface area (TPSA) is 39.2 Å². The third-order valence-corrected chi connectivity index (χ3v) is 2.32. The highest BCUT2D eigenvalue weighted by Gasteiger charge is 2.01. The summed E-state index contributed by atoms with van der Waals surface area (Å²) in [5.41, 5.74) is 8.11. The number of benzene rings is 1. The van der Waals surface area contributed by atoms with Crippen LogP contribution in [0.15, 0.2) is 47.1 Å². The van der Waals surface area contributed by atoms with Crippen molar-refractivity contribution in [1.29, 1.82) is 0 Å². The van der Waals surface area contributed by atoms with Crippen molar-refractivity contribution in [1.82, 2.24) is 0 Å². The molecule has 0 radical (unpaired) electrons. The van der Waals surface area contributed by atoms with Gasteiger partial charge in [-0.05, 0) is 31.0 Å². The maximum atomic E-state index is 5.74. The Morgan fingerprint density at radius 3 is 2.47 bits per heavy atom. The van der Waals surface area contributed by atoms with Crippen LogP contribution in [0, 0.1) is 0 Å². The van der Waals surface area contributed by atoms with Crippen LogP contribution in [0.5, 0.6) is 0 Å². The number of rotatable bonds is 3. The molecule has 1 unspecified atom stereocenters. The number of nitrogens with two attached hydrogens (primary N) is 1. The third kappa shape index (κ3) is 2.48. The summed E-state index contributed by atoms with van der Waals surface area (Å²) in [6.45, 7) is 2.01. The molecule has 2 aromatic rings. The first-order valence-corrected chi connectivity index (χ1v) is 5.14. The van der Waals surface area contributed by atoms with E-state index in [-0.39, 0.29) is 6.04 Å². The smallest absolute Gasteiger partial charge is 0.133 e. The quantitative estimate of drug-likeness (QED) is 0.829. The van der Waals surface area contributed by atoms with Gasteiger partial charge in [-0.25, -0.2) is 0 Å². The normalized spacial score (nSPS) is 12.7. The van der Waals surface area contributed by atoms with E-state index in [4.69, 9.17) is 10.2 Å². The fraction of sp³-hybridized carbons (Fsp3) is 0.231. The lowest BCUT2D eigenvalue weighted by Gasteiger charge is -2.05. The van der Waals surface area contributed by atoms with Gasteiger partial charge in [0, 0.05) is 11.6 Å². The number of hydrogen-bond donors (Lipinski definition) is 1. The first kappa shape index (κ1) is 9.99. The Labute approximate surface area is 89.7 Å². The summed E-state index contributed by atoms with van der Waals surface area (Å²) >= 11 is 0. The lowest BCUT2D eigenvalue weighted by Crippen LogP contribution is -2.17. The third-order valence-electron chi connectivity index (χ3n) is 2.32. The van der Waals surface area contributed by atoms with Crippen LogP contribution in [0.4, 0.5) is 0 Å². The van der Waals surface area contributed by atoms with E-state index in [0.717, 1.165) is 17.7 Å². The molecule has 2 nitrogen and oxygen atoms in total. The summed E-state index contributed by atoms with van der Waals surface area (Å²) in [6.07, 6.45) is 2.60. The average molecular weight is 201 g/mol. The Morgan fingerprint density at radius 1 is 1.20 bits per heavy atom. The van der Waals surface area contributed by atoms with Crippen molar-refractivity contribution in [2.24, 2.45) is 5.73 Å². The molecule has 0 amide bonds. The SMILES string of the molecule is CC(N)Cc1ccc(-c2ccco2)cc1. The molecule has 1 aromatic carbocycles. The standard InChI is InChI=1S/C13H15NO/c1-10(14)9-11-4-6-12(7-5-11)13-3-2-8-15-13/h2-8,10H,9,14H2,1H3. The van der Waals surface area contributed by atoms with Gasteiger partial charge in [0.1, 0.15) is 5.76 Å². The molecule has 15 heavy (non-hydrogen) atoms. The predicted octanol–water partition coefficient (Wildman–Crippen LogP) is 2.84. The van der Waals surface area contributed by atoms with E-state index in [2.05, 4.69) is 24.3 Å². The van der Waals surface area contributed by atoms with E-state index >= 15 is 0 Å². The molecule has 78 valence electrons. The van der Waals surface area contributed by atoms with E-state index in [1.165, 1.54) is 5.56 Å². The minimum atomic E-state index is 0.208. The first-order valence-electron chi connectivity index (χ1n) is 5.14. The largest absolute Gasteiger partial charge is 0.464 e. The zero-order valence-electron chi connectivity index (χ0n) is 8.81. The summed E-state index contributed by atoms with van der Waals surface area (Å²) in [5.74, 6) is 0.905. The van der Waals surface area contributed by atoms with Crippen molar-refractivity contribution < 1.29 is 4.42 Å². The van der Waals surface area contributed by atoms with E-state index in [1.807, 2.05) is 19.1 Å². The molecule has 2 N–H and O–H groups in total. The predicted molar refractivity (Wildman–Crippen MR) is 61.5 cm³/mol. The van der Waals surface area contributed by atoms with Crippen molar-refractivity contribution >= 4 is 0 Å². The average Bonchev–Trinajstić information content (AvgIpc) is 2.71. The Hall–Kier alpha value is -1.54. The van der Waals surface area contributed by atoms with Gasteiger partial charge in [-0.2, -0.15) is 0 Å². The van der Waals surface area contributed by atoms with Crippen LogP contribution in [0.25, 0.3) is 11.3 Å². The highest BCUT2D eigenvalue weighted by molar-refractivity contribution is 5.57. The molecule has 0 saturated heterocycles. The van der Waals surface area contributed by atoms with E-state index in [0.29, 0.717) is 0 Å². The van der Waals surface area contributed by atoms with Crippen LogP contribution in [0.1, 0.15) is 12.5 Å². The van der Waals surface area contributed by atoms with Gasteiger partial charge in [-0.15, -0.1) is 0 Å². The van der Waals surface area contributed by atoms with Crippen LogP contribution in [0.3, 0.4) is 0 Å². The van der Waals surface area contributed by atoms with Crippen molar-refractivity contribution in [3.05, 3.63) is 48.2 Å². The van der Waals surface area contributed by atoms with Gasteiger partial charge in [0.2, 0.25) is 0 Å². The second-order valence-corrected chi connectivity index (χ2v) is 3.86. The van der Waals surface area contributed by atoms with Gasteiger partial charge in [0.25, 0.3) is 0 Å². The Balaban J connectivity index is 2.17. The van der Waals surface area contributed by atoms with Gasteiger partial charge >= 0.3 is 0 Å². The molecule has 1 aromatic heterocycles. The Morgan fingerprint density at radius 2 is 1.93 bits per heavy atom. The van der Waals surface area contributed by atoms with Crippen LogP contribution < -0.4 is 5.73 Å². The first-order chi connectivity index (χ1) is 7.25. The minimum Gasteiger partial charge on any atom is -0.464 e. The van der Waals surface area contributed by atoms with E-state index < -0.39 is 0 Å². The molecule has 1 atom stereocenters. The maximum absolute atomic E-state index is 5.74. The second kappa shape index (κ2) is 4.32. The van der Waals surface area contributed by atoms with Crippen LogP contribution in [0.2, 0.25) is 0 Å². The van der Waals surface area contributed by atoms with Crippen LogP contribution in [-0.2, 0) is 6.42 Å². The molecular weight excluding hydrogens is 186 g/mol. The molecule has 0 fully saturated rings. The fourth-order valence-corrected chi connectivity index (χ4v) is 1.62. The summed E-state index contributed by atoms with van der Waals surface area (Å²) in [6, 6.07) is 12.4. The molecule has 0 aliphatic carbocycles. The molecule has 2 heteroatoms. The number of hydrogen-bond acceptors (Lipinski definition) is 2. The highest BCUT2D eigenvalue weighted by atomic mass is 16.3. The van der Waals surface area contributed by atoms with Crippen molar-refractivity contribution in [2.75, 3.05) is 0 Å². The van der Waals surface area contributed by atoms with E-state index in [1.54, 1.807) is 6.26 Å². The maximum Gasteiger partial charge on any atom is 0.133 e. The zero-order valence-corrected chi connectivity index (χ0v) is 8.81. The van der Waals surface area contributed by atoms with Gasteiger partial charge in [0.05, 0.1) is 6.26 Å². The Kier molecular flexibility index (Phi) is 2.88. The second-order valence-electron chi connectivity index (χ2n) is 3.86. The Bertz CT molecular complexity index is 401. The number of furan rings is 1.